The summed E-state index contributed by atoms with van der Waals surface area (Å²) in [6.07, 6.45) is 3.19. The van der Waals surface area contributed by atoms with Crippen LogP contribution >= 0.6 is 0 Å². The first-order valence-electron chi connectivity index (χ1n) is 26.4. The van der Waals surface area contributed by atoms with E-state index in [1.807, 2.05) is 30.3 Å². The van der Waals surface area contributed by atoms with Crippen molar-refractivity contribution >= 4 is 63.2 Å². The number of benzene rings is 11. The van der Waals surface area contributed by atoms with Gasteiger partial charge in [0, 0.05) is 34.1 Å². The molecule has 360 valence electrons. The Balaban J connectivity index is 1.08. The molecule has 0 amide bonds. The van der Waals surface area contributed by atoms with E-state index in [-0.39, 0.29) is 19.3 Å². The third-order valence-electron chi connectivity index (χ3n) is 15.6. The molecule has 14 rings (SSSR count). The molecule has 0 bridgehead atoms. The molecule has 0 saturated heterocycles. The molecule has 4 nitrogen and oxygen atoms in total. The predicted octanol–water partition coefficient (Wildman–Crippen LogP) is 15.9. The third-order valence-corrected chi connectivity index (χ3v) is 15.6. The second kappa shape index (κ2) is 19.1. The summed E-state index contributed by atoms with van der Waals surface area (Å²) >= 11 is 0. The molecule has 11 aromatic rings. The maximum atomic E-state index is 15.1. The standard InChI is InChI=1S/C71H51BN2O2/c75-71(76-47-48-20-7-1-8-21-48)61-45-68-70-69(46-61)74(63-40-59(52-28-15-5-16-29-52)37-60(41-63)53-30-17-6-18-31-53)67-43-55-33-19-32-54(55)42-65(67)72(70)64-35-34-56(49-22-9-2-10-23-49)44-66(64)73(68)62-38-57(50-24-11-3-12-25-50)36-58(39-62)51-26-13-4-14-27-51/h1-18,20-31,34-46H,19,32-33,47H2. The van der Waals surface area contributed by atoms with Gasteiger partial charge >= 0.3 is 5.97 Å². The summed E-state index contributed by atoms with van der Waals surface area (Å²) in [5.41, 5.74) is 25.1. The topological polar surface area (TPSA) is 32.8 Å². The zero-order valence-corrected chi connectivity index (χ0v) is 41.9. The molecule has 0 radical (unpaired) electrons. The van der Waals surface area contributed by atoms with Gasteiger partial charge in [0.05, 0.1) is 5.56 Å². The molecule has 0 aromatic heterocycles. The smallest absolute Gasteiger partial charge is 0.338 e. The molecule has 0 saturated carbocycles. The Bertz CT molecular complexity index is 3860. The summed E-state index contributed by atoms with van der Waals surface area (Å²) in [7, 11) is 0. The zero-order valence-electron chi connectivity index (χ0n) is 41.9. The van der Waals surface area contributed by atoms with Crippen molar-refractivity contribution < 1.29 is 9.53 Å². The average Bonchev–Trinajstić information content (AvgIpc) is 3.97. The van der Waals surface area contributed by atoms with Crippen LogP contribution in [0.25, 0.3) is 55.6 Å². The van der Waals surface area contributed by atoms with Crippen LogP contribution in [0.5, 0.6) is 0 Å². The number of rotatable bonds is 10. The summed E-state index contributed by atoms with van der Waals surface area (Å²) in [6, 6.07) is 93.5. The van der Waals surface area contributed by atoms with Gasteiger partial charge in [0.2, 0.25) is 0 Å². The Kier molecular flexibility index (Phi) is 11.4. The minimum Gasteiger partial charge on any atom is -0.457 e. The summed E-state index contributed by atoms with van der Waals surface area (Å²) in [5, 5.41) is 0. The minimum atomic E-state index is -0.381. The van der Waals surface area contributed by atoms with Gasteiger partial charge in [-0.15, -0.1) is 0 Å². The molecule has 11 aromatic carbocycles. The second-order valence-corrected chi connectivity index (χ2v) is 20.3. The van der Waals surface area contributed by atoms with Gasteiger partial charge in [-0.25, -0.2) is 4.79 Å². The second-order valence-electron chi connectivity index (χ2n) is 20.3. The number of fused-ring (bicyclic) bond motifs is 5. The van der Waals surface area contributed by atoms with Crippen LogP contribution in [-0.2, 0) is 24.2 Å². The number of hydrogen-bond acceptors (Lipinski definition) is 4. The molecule has 0 fully saturated rings. The Morgan fingerprint density at radius 2 is 0.776 bits per heavy atom. The van der Waals surface area contributed by atoms with Crippen molar-refractivity contribution in [1.82, 2.24) is 0 Å². The fourth-order valence-electron chi connectivity index (χ4n) is 12.0. The van der Waals surface area contributed by atoms with Gasteiger partial charge in [-0.2, -0.15) is 0 Å². The monoisotopic (exact) mass is 974 g/mol. The Morgan fingerprint density at radius 3 is 1.24 bits per heavy atom. The highest BCUT2D eigenvalue weighted by Gasteiger charge is 2.45. The van der Waals surface area contributed by atoms with Crippen LogP contribution in [0.4, 0.5) is 34.1 Å². The number of aryl methyl sites for hydroxylation is 2. The van der Waals surface area contributed by atoms with Crippen molar-refractivity contribution in [2.75, 3.05) is 9.80 Å². The van der Waals surface area contributed by atoms with Crippen molar-refractivity contribution in [3.63, 3.8) is 0 Å². The van der Waals surface area contributed by atoms with E-state index in [9.17, 15) is 0 Å². The normalized spacial score (nSPS) is 12.9. The maximum absolute atomic E-state index is 15.1. The molecule has 2 aliphatic heterocycles. The lowest BCUT2D eigenvalue weighted by molar-refractivity contribution is 0.0473. The number of carbonyl (C=O) groups is 1. The van der Waals surface area contributed by atoms with E-state index in [0.29, 0.717) is 5.56 Å². The van der Waals surface area contributed by atoms with Crippen LogP contribution in [0.3, 0.4) is 0 Å². The molecule has 0 N–H and O–H groups in total. The molecule has 1 aliphatic carbocycles. The largest absolute Gasteiger partial charge is 0.457 e. The van der Waals surface area contributed by atoms with Crippen LogP contribution < -0.4 is 26.2 Å². The first-order chi connectivity index (χ1) is 37.6. The highest BCUT2D eigenvalue weighted by molar-refractivity contribution is 7.00. The van der Waals surface area contributed by atoms with Crippen LogP contribution in [0.15, 0.2) is 261 Å². The SMILES string of the molecule is O=C(OCc1ccccc1)c1cc2c3c(c1)N(c1cc(-c4ccccc4)cc(-c4ccccc4)c1)c1cc4c(cc1B3c1ccc(-c3ccccc3)cc1N2c1cc(-c2ccccc2)cc(-c2ccccc2)c1)CCC4. The Hall–Kier alpha value is -9.45. The van der Waals surface area contributed by atoms with Crippen molar-refractivity contribution in [3.05, 3.63) is 283 Å². The maximum Gasteiger partial charge on any atom is 0.338 e. The molecule has 2 heterocycles. The van der Waals surface area contributed by atoms with Crippen LogP contribution in [-0.4, -0.2) is 12.7 Å². The van der Waals surface area contributed by atoms with Gasteiger partial charge in [-0.05, 0) is 169 Å². The van der Waals surface area contributed by atoms with E-state index >= 15 is 4.79 Å². The minimum absolute atomic E-state index is 0.152. The predicted molar refractivity (Wildman–Crippen MR) is 315 cm³/mol. The van der Waals surface area contributed by atoms with Gasteiger partial charge in [0.15, 0.2) is 0 Å². The average molecular weight is 975 g/mol. The molecular weight excluding hydrogens is 924 g/mol. The molecule has 0 unspecified atom stereocenters. The van der Waals surface area contributed by atoms with E-state index in [4.69, 9.17) is 4.74 Å². The van der Waals surface area contributed by atoms with Crippen molar-refractivity contribution in [1.29, 1.82) is 0 Å². The summed E-state index contributed by atoms with van der Waals surface area (Å²) in [5.74, 6) is -0.381. The third kappa shape index (κ3) is 8.18. The van der Waals surface area contributed by atoms with Gasteiger partial charge in [-0.1, -0.05) is 200 Å². The van der Waals surface area contributed by atoms with E-state index in [0.717, 1.165) is 120 Å². The summed E-state index contributed by atoms with van der Waals surface area (Å²) in [4.78, 5) is 20.0. The lowest BCUT2D eigenvalue weighted by Gasteiger charge is -2.45. The zero-order chi connectivity index (χ0) is 50.5. The van der Waals surface area contributed by atoms with E-state index in [1.54, 1.807) is 0 Å². The fourth-order valence-corrected chi connectivity index (χ4v) is 12.0. The lowest BCUT2D eigenvalue weighted by atomic mass is 9.33. The van der Waals surface area contributed by atoms with Gasteiger partial charge in [0.1, 0.15) is 6.61 Å². The Morgan fingerprint density at radius 1 is 0.368 bits per heavy atom. The van der Waals surface area contributed by atoms with E-state index in [2.05, 4.69) is 240 Å². The summed E-state index contributed by atoms with van der Waals surface area (Å²) < 4.78 is 6.34. The van der Waals surface area contributed by atoms with Gasteiger partial charge in [0.25, 0.3) is 6.71 Å². The molecule has 0 atom stereocenters. The molecule has 3 aliphatic rings. The van der Waals surface area contributed by atoms with Crippen molar-refractivity contribution in [2.45, 2.75) is 25.9 Å². The van der Waals surface area contributed by atoms with Crippen molar-refractivity contribution in [3.8, 4) is 55.6 Å². The van der Waals surface area contributed by atoms with Crippen LogP contribution in [0.2, 0.25) is 0 Å². The van der Waals surface area contributed by atoms with Crippen LogP contribution in [0, 0.1) is 0 Å². The number of nitrogens with zero attached hydrogens (tertiary/aromatic N) is 2. The Labute approximate surface area is 444 Å². The highest BCUT2D eigenvalue weighted by atomic mass is 16.5. The summed E-state index contributed by atoms with van der Waals surface area (Å²) in [6.45, 7) is -0.0103. The lowest BCUT2D eigenvalue weighted by Crippen LogP contribution is -2.61. The number of ether oxygens (including phenoxy) is 1. The quantitative estimate of drug-likeness (QED) is 0.101. The first-order valence-corrected chi connectivity index (χ1v) is 26.4. The van der Waals surface area contributed by atoms with Gasteiger partial charge in [-0.3, -0.25) is 0 Å². The van der Waals surface area contributed by atoms with Crippen LogP contribution in [0.1, 0.15) is 33.5 Å². The number of anilines is 6. The van der Waals surface area contributed by atoms with Crippen molar-refractivity contribution in [2.24, 2.45) is 0 Å². The van der Waals surface area contributed by atoms with E-state index < -0.39 is 0 Å². The number of carbonyl (C=O) groups excluding carboxylic acids is 1. The molecule has 76 heavy (non-hydrogen) atoms. The first kappa shape index (κ1) is 45.2. The molecule has 0 spiro atoms. The molecular formula is C71H51BN2O2. The van der Waals surface area contributed by atoms with Gasteiger partial charge < -0.3 is 14.5 Å². The highest BCUT2D eigenvalue weighted by Crippen LogP contribution is 2.49. The fraction of sp³-hybridized carbons (Fsp3) is 0.0563. The number of hydrogen-bond donors (Lipinski definition) is 0. The van der Waals surface area contributed by atoms with E-state index in [1.165, 1.54) is 22.1 Å². The number of esters is 1. The molecule has 5 heteroatoms.